The molecule has 14 heavy (non-hydrogen) atoms. The van der Waals surface area contributed by atoms with E-state index in [1.807, 2.05) is 11.6 Å². The average Bonchev–Trinajstić information content (AvgIpc) is 2.71. The highest BCUT2D eigenvalue weighted by atomic mass is 32.1. The van der Waals surface area contributed by atoms with Gasteiger partial charge in [0.05, 0.1) is 0 Å². The fourth-order valence-corrected chi connectivity index (χ4v) is 2.02. The van der Waals surface area contributed by atoms with E-state index in [-0.39, 0.29) is 0 Å². The van der Waals surface area contributed by atoms with Gasteiger partial charge in [-0.05, 0) is 0 Å². The average molecular weight is 201 g/mol. The number of hydrogen-bond acceptors (Lipinski definition) is 2. The summed E-state index contributed by atoms with van der Waals surface area (Å²) in [7, 11) is 0. The molecule has 0 spiro atoms. The molecule has 0 unspecified atom stereocenters. The predicted octanol–water partition coefficient (Wildman–Crippen LogP) is 2.77. The molecule has 0 aliphatic heterocycles. The number of nitrogens with zero attached hydrogens (tertiary/aromatic N) is 1. The Kier molecular flexibility index (Phi) is 2.68. The molecule has 0 saturated carbocycles. The zero-order valence-electron chi connectivity index (χ0n) is 8.40. The lowest BCUT2D eigenvalue weighted by molar-refractivity contribution is 1.42. The monoisotopic (exact) mass is 201 g/mol. The lowest BCUT2D eigenvalue weighted by Crippen LogP contribution is -2.21. The van der Waals surface area contributed by atoms with E-state index >= 15 is 0 Å². The van der Waals surface area contributed by atoms with Gasteiger partial charge in [0.15, 0.2) is 6.71 Å². The van der Waals surface area contributed by atoms with E-state index in [0.717, 1.165) is 5.01 Å². The lowest BCUT2D eigenvalue weighted by atomic mass is 9.49. The van der Waals surface area contributed by atoms with E-state index in [1.54, 1.807) is 11.3 Å². The van der Waals surface area contributed by atoms with Gasteiger partial charge in [0.1, 0.15) is 5.01 Å². The van der Waals surface area contributed by atoms with Crippen molar-refractivity contribution in [2.75, 3.05) is 0 Å². The van der Waals surface area contributed by atoms with Gasteiger partial charge in [0, 0.05) is 17.1 Å². The van der Waals surface area contributed by atoms with Crippen molar-refractivity contribution < 1.29 is 0 Å². The number of rotatable bonds is 2. The van der Waals surface area contributed by atoms with E-state index in [4.69, 9.17) is 0 Å². The molecule has 0 aliphatic rings. The van der Waals surface area contributed by atoms with Crippen molar-refractivity contribution in [2.45, 2.75) is 13.6 Å². The topological polar surface area (TPSA) is 12.9 Å². The lowest BCUT2D eigenvalue weighted by Gasteiger charge is -2.02. The molecule has 3 heteroatoms. The molecule has 1 aromatic heterocycles. The van der Waals surface area contributed by atoms with E-state index in [2.05, 4.69) is 42.9 Å². The Morgan fingerprint density at radius 1 is 1.14 bits per heavy atom. The standard InChI is InChI=1S/C11H12BNS/c1-12(2)10-5-3-9(4-6-10)11-13-7-8-14-11/h3-8H,1-2H3. The molecule has 1 nitrogen and oxygen atoms in total. The highest BCUT2D eigenvalue weighted by Crippen LogP contribution is 2.20. The maximum absolute atomic E-state index is 4.28. The predicted molar refractivity (Wildman–Crippen MR) is 64.7 cm³/mol. The van der Waals surface area contributed by atoms with Gasteiger partial charge in [-0.2, -0.15) is 0 Å². The maximum Gasteiger partial charge on any atom is 0.169 e. The highest BCUT2D eigenvalue weighted by Gasteiger charge is 2.04. The normalized spacial score (nSPS) is 10.1. The first kappa shape index (κ1) is 9.47. The first-order valence-electron chi connectivity index (χ1n) is 4.77. The minimum atomic E-state index is 0.598. The molecular formula is C11H12BNS. The minimum Gasteiger partial charge on any atom is -0.245 e. The summed E-state index contributed by atoms with van der Waals surface area (Å²) >= 11 is 1.68. The van der Waals surface area contributed by atoms with Crippen molar-refractivity contribution in [1.82, 2.24) is 4.98 Å². The highest BCUT2D eigenvalue weighted by molar-refractivity contribution is 7.13. The molecule has 0 radical (unpaired) electrons. The second-order valence-corrected chi connectivity index (χ2v) is 4.51. The first-order valence-corrected chi connectivity index (χ1v) is 5.65. The third-order valence-corrected chi connectivity index (χ3v) is 3.08. The Hall–Kier alpha value is -1.09. The van der Waals surface area contributed by atoms with Gasteiger partial charge in [-0.3, -0.25) is 0 Å². The Morgan fingerprint density at radius 2 is 1.86 bits per heavy atom. The van der Waals surface area contributed by atoms with Gasteiger partial charge in [0.25, 0.3) is 0 Å². The quantitative estimate of drug-likeness (QED) is 0.680. The van der Waals surface area contributed by atoms with Gasteiger partial charge >= 0.3 is 0 Å². The second-order valence-electron chi connectivity index (χ2n) is 3.61. The zero-order valence-corrected chi connectivity index (χ0v) is 9.21. The molecule has 2 aromatic rings. The fraction of sp³-hybridized carbons (Fsp3) is 0.182. The summed E-state index contributed by atoms with van der Waals surface area (Å²) in [5.41, 5.74) is 2.59. The molecular weight excluding hydrogens is 189 g/mol. The van der Waals surface area contributed by atoms with E-state index in [0.29, 0.717) is 6.71 Å². The van der Waals surface area contributed by atoms with Crippen LogP contribution in [-0.2, 0) is 0 Å². The smallest absolute Gasteiger partial charge is 0.169 e. The fourth-order valence-electron chi connectivity index (χ4n) is 1.38. The largest absolute Gasteiger partial charge is 0.245 e. The molecule has 0 amide bonds. The maximum atomic E-state index is 4.28. The van der Waals surface area contributed by atoms with Crippen LogP contribution in [0.25, 0.3) is 10.6 Å². The van der Waals surface area contributed by atoms with Crippen LogP contribution >= 0.6 is 11.3 Å². The number of aromatic nitrogens is 1. The minimum absolute atomic E-state index is 0.598. The Bertz CT molecular complexity index is 392. The summed E-state index contributed by atoms with van der Waals surface area (Å²) in [6.07, 6.45) is 1.84. The molecule has 1 heterocycles. The zero-order chi connectivity index (χ0) is 9.97. The molecule has 0 atom stereocenters. The molecule has 1 aromatic carbocycles. The van der Waals surface area contributed by atoms with Crippen molar-refractivity contribution in [3.8, 4) is 10.6 Å². The summed E-state index contributed by atoms with van der Waals surface area (Å²) in [5.74, 6) is 0. The van der Waals surface area contributed by atoms with Crippen LogP contribution in [0.1, 0.15) is 0 Å². The van der Waals surface area contributed by atoms with Gasteiger partial charge in [-0.25, -0.2) is 4.98 Å². The number of hydrogen-bond donors (Lipinski definition) is 0. The van der Waals surface area contributed by atoms with Crippen LogP contribution < -0.4 is 5.46 Å². The number of thiazole rings is 1. The summed E-state index contributed by atoms with van der Waals surface area (Å²) in [6, 6.07) is 8.66. The van der Waals surface area contributed by atoms with Crippen LogP contribution in [0.5, 0.6) is 0 Å². The first-order chi connectivity index (χ1) is 6.77. The third kappa shape index (κ3) is 1.88. The second kappa shape index (κ2) is 3.97. The van der Waals surface area contributed by atoms with Crippen LogP contribution in [0.4, 0.5) is 0 Å². The van der Waals surface area contributed by atoms with E-state index in [9.17, 15) is 0 Å². The van der Waals surface area contributed by atoms with Crippen molar-refractivity contribution >= 4 is 23.5 Å². The van der Waals surface area contributed by atoms with Crippen LogP contribution in [0.15, 0.2) is 35.8 Å². The molecule has 0 saturated heterocycles. The molecule has 0 N–H and O–H groups in total. The van der Waals surface area contributed by atoms with Gasteiger partial charge in [0.2, 0.25) is 0 Å². The van der Waals surface area contributed by atoms with Gasteiger partial charge in [-0.15, -0.1) is 11.3 Å². The van der Waals surface area contributed by atoms with E-state index in [1.165, 1.54) is 11.0 Å². The van der Waals surface area contributed by atoms with Crippen LogP contribution in [0, 0.1) is 0 Å². The van der Waals surface area contributed by atoms with Crippen molar-refractivity contribution in [2.24, 2.45) is 0 Å². The molecule has 0 bridgehead atoms. The van der Waals surface area contributed by atoms with E-state index < -0.39 is 0 Å². The number of benzene rings is 1. The summed E-state index contributed by atoms with van der Waals surface area (Å²) in [6.45, 7) is 5.01. The third-order valence-electron chi connectivity index (χ3n) is 2.26. The van der Waals surface area contributed by atoms with Crippen molar-refractivity contribution in [3.63, 3.8) is 0 Å². The van der Waals surface area contributed by atoms with Crippen molar-refractivity contribution in [1.29, 1.82) is 0 Å². The Labute approximate surface area is 88.9 Å². The SMILES string of the molecule is CB(C)c1ccc(-c2nccs2)cc1. The Morgan fingerprint density at radius 3 is 2.36 bits per heavy atom. The summed E-state index contributed by atoms with van der Waals surface area (Å²) in [5, 5.41) is 3.10. The summed E-state index contributed by atoms with van der Waals surface area (Å²) < 4.78 is 0. The van der Waals surface area contributed by atoms with Crippen LogP contribution in [0.2, 0.25) is 13.6 Å². The van der Waals surface area contributed by atoms with Crippen LogP contribution in [-0.4, -0.2) is 11.7 Å². The molecule has 0 fully saturated rings. The summed E-state index contributed by atoms with van der Waals surface area (Å²) in [4.78, 5) is 4.28. The van der Waals surface area contributed by atoms with Crippen molar-refractivity contribution in [3.05, 3.63) is 35.8 Å². The molecule has 70 valence electrons. The van der Waals surface area contributed by atoms with Gasteiger partial charge in [-0.1, -0.05) is 43.4 Å². The molecule has 2 rings (SSSR count). The van der Waals surface area contributed by atoms with Crippen LogP contribution in [0.3, 0.4) is 0 Å². The Balaban J connectivity index is 2.31. The van der Waals surface area contributed by atoms with Gasteiger partial charge < -0.3 is 0 Å². The molecule has 0 aliphatic carbocycles.